The third kappa shape index (κ3) is 4.98. The SMILES string of the molecule is CCCCCn1c(-c2ccc(C=O)cc2)cc(=O)n2cc(-c3ccc(Cl)cc3)nc12.CN. The van der Waals surface area contributed by atoms with Crippen LogP contribution < -0.4 is 11.3 Å². The summed E-state index contributed by atoms with van der Waals surface area (Å²) < 4.78 is 3.69. The largest absolute Gasteiger partial charge is 0.333 e. The fourth-order valence-electron chi connectivity index (χ4n) is 3.57. The molecule has 2 aromatic heterocycles. The Balaban J connectivity index is 0.00000141. The molecule has 166 valence electrons. The van der Waals surface area contributed by atoms with Crippen LogP contribution in [-0.4, -0.2) is 27.3 Å². The molecule has 0 bridgehead atoms. The van der Waals surface area contributed by atoms with E-state index in [9.17, 15) is 9.59 Å². The zero-order chi connectivity index (χ0) is 23.1. The molecule has 7 heteroatoms. The Morgan fingerprint density at radius 1 is 1.00 bits per heavy atom. The molecular weight excluding hydrogens is 424 g/mol. The second kappa shape index (κ2) is 10.9. The number of aromatic nitrogens is 3. The maximum atomic E-state index is 12.9. The first kappa shape index (κ1) is 23.4. The number of halogens is 1. The second-order valence-corrected chi connectivity index (χ2v) is 7.71. The van der Waals surface area contributed by atoms with Crippen LogP contribution in [0.2, 0.25) is 5.02 Å². The molecule has 0 aliphatic heterocycles. The molecule has 4 aromatic rings. The number of nitrogens with two attached hydrogens (primary N) is 1. The van der Waals surface area contributed by atoms with Crippen molar-refractivity contribution in [1.82, 2.24) is 14.0 Å². The summed E-state index contributed by atoms with van der Waals surface area (Å²) >= 11 is 6.01. The Labute approximate surface area is 192 Å². The number of carbonyl (C=O) groups excluding carboxylic acids is 1. The Morgan fingerprint density at radius 2 is 1.66 bits per heavy atom. The van der Waals surface area contributed by atoms with Crippen LogP contribution in [0, 0.1) is 0 Å². The van der Waals surface area contributed by atoms with Crippen LogP contribution in [-0.2, 0) is 6.54 Å². The van der Waals surface area contributed by atoms with Gasteiger partial charge < -0.3 is 10.3 Å². The van der Waals surface area contributed by atoms with E-state index in [1.807, 2.05) is 36.4 Å². The molecule has 0 aliphatic carbocycles. The highest BCUT2D eigenvalue weighted by atomic mass is 35.5. The number of benzene rings is 2. The van der Waals surface area contributed by atoms with E-state index in [0.717, 1.165) is 54.6 Å². The van der Waals surface area contributed by atoms with Crippen molar-refractivity contribution in [2.75, 3.05) is 7.05 Å². The maximum absolute atomic E-state index is 12.9. The van der Waals surface area contributed by atoms with Crippen molar-refractivity contribution in [3.05, 3.63) is 81.7 Å². The summed E-state index contributed by atoms with van der Waals surface area (Å²) in [6, 6.07) is 16.3. The lowest BCUT2D eigenvalue weighted by molar-refractivity contribution is 0.112. The topological polar surface area (TPSA) is 82.4 Å². The Morgan fingerprint density at radius 3 is 2.28 bits per heavy atom. The summed E-state index contributed by atoms with van der Waals surface area (Å²) in [6.07, 6.45) is 5.76. The third-order valence-corrected chi connectivity index (χ3v) is 5.44. The minimum absolute atomic E-state index is 0.140. The highest BCUT2D eigenvalue weighted by Crippen LogP contribution is 2.25. The van der Waals surface area contributed by atoms with E-state index in [2.05, 4.69) is 17.2 Å². The molecule has 2 N–H and O–H groups in total. The van der Waals surface area contributed by atoms with Crippen LogP contribution in [0.25, 0.3) is 28.3 Å². The number of aldehydes is 1. The normalized spacial score (nSPS) is 10.6. The molecule has 32 heavy (non-hydrogen) atoms. The van der Waals surface area contributed by atoms with Crippen molar-refractivity contribution in [1.29, 1.82) is 0 Å². The molecule has 0 fully saturated rings. The van der Waals surface area contributed by atoms with Gasteiger partial charge >= 0.3 is 0 Å². The van der Waals surface area contributed by atoms with Crippen LogP contribution in [0.15, 0.2) is 65.6 Å². The first-order chi connectivity index (χ1) is 15.6. The smallest absolute Gasteiger partial charge is 0.259 e. The molecular formula is C25H27ClN4O2. The zero-order valence-electron chi connectivity index (χ0n) is 18.3. The fourth-order valence-corrected chi connectivity index (χ4v) is 3.69. The predicted molar refractivity (Wildman–Crippen MR) is 130 cm³/mol. The first-order valence-corrected chi connectivity index (χ1v) is 11.0. The maximum Gasteiger partial charge on any atom is 0.259 e. The van der Waals surface area contributed by atoms with Gasteiger partial charge in [0.1, 0.15) is 6.29 Å². The molecule has 0 saturated heterocycles. The van der Waals surface area contributed by atoms with E-state index in [-0.39, 0.29) is 5.56 Å². The van der Waals surface area contributed by atoms with Gasteiger partial charge in [0, 0.05) is 35.0 Å². The number of imidazole rings is 1. The average Bonchev–Trinajstić information content (AvgIpc) is 3.28. The molecule has 2 aromatic carbocycles. The Kier molecular flexibility index (Phi) is 7.98. The van der Waals surface area contributed by atoms with Crippen LogP contribution >= 0.6 is 11.6 Å². The molecule has 0 radical (unpaired) electrons. The predicted octanol–water partition coefficient (Wildman–Crippen LogP) is 5.06. The number of hydrogen-bond donors (Lipinski definition) is 1. The molecule has 0 atom stereocenters. The number of aryl methyl sites for hydroxylation is 1. The van der Waals surface area contributed by atoms with Crippen molar-refractivity contribution >= 4 is 23.7 Å². The Hall–Kier alpha value is -3.22. The minimum atomic E-state index is -0.140. The van der Waals surface area contributed by atoms with E-state index in [4.69, 9.17) is 16.6 Å². The van der Waals surface area contributed by atoms with Crippen LogP contribution in [0.4, 0.5) is 0 Å². The first-order valence-electron chi connectivity index (χ1n) is 10.6. The van der Waals surface area contributed by atoms with Crippen molar-refractivity contribution in [2.45, 2.75) is 32.7 Å². The lowest BCUT2D eigenvalue weighted by Crippen LogP contribution is -2.18. The van der Waals surface area contributed by atoms with Gasteiger partial charge in [0.2, 0.25) is 5.78 Å². The highest BCUT2D eigenvalue weighted by molar-refractivity contribution is 6.30. The van der Waals surface area contributed by atoms with Crippen molar-refractivity contribution in [3.8, 4) is 22.5 Å². The molecule has 0 unspecified atom stereocenters. The Bertz CT molecular complexity index is 1240. The average molecular weight is 451 g/mol. The fraction of sp³-hybridized carbons (Fsp3) is 0.240. The van der Waals surface area contributed by atoms with Gasteiger partial charge in [-0.3, -0.25) is 14.0 Å². The molecule has 0 saturated carbocycles. The van der Waals surface area contributed by atoms with Crippen LogP contribution in [0.1, 0.15) is 36.5 Å². The van der Waals surface area contributed by atoms with Gasteiger partial charge in [0.05, 0.1) is 11.4 Å². The van der Waals surface area contributed by atoms with Gasteiger partial charge in [0.25, 0.3) is 5.56 Å². The molecule has 0 aliphatic rings. The van der Waals surface area contributed by atoms with E-state index < -0.39 is 0 Å². The summed E-state index contributed by atoms with van der Waals surface area (Å²) in [5, 5.41) is 0.655. The summed E-state index contributed by atoms with van der Waals surface area (Å²) in [6.45, 7) is 2.91. The number of hydrogen-bond acceptors (Lipinski definition) is 4. The van der Waals surface area contributed by atoms with Gasteiger partial charge in [0.15, 0.2) is 0 Å². The zero-order valence-corrected chi connectivity index (χ0v) is 19.0. The van der Waals surface area contributed by atoms with E-state index in [1.165, 1.54) is 7.05 Å². The van der Waals surface area contributed by atoms with Crippen LogP contribution in [0.5, 0.6) is 0 Å². The minimum Gasteiger partial charge on any atom is -0.333 e. The molecule has 4 rings (SSSR count). The molecule has 6 nitrogen and oxygen atoms in total. The second-order valence-electron chi connectivity index (χ2n) is 7.27. The quantitative estimate of drug-likeness (QED) is 0.315. The van der Waals surface area contributed by atoms with Crippen molar-refractivity contribution in [3.63, 3.8) is 0 Å². The van der Waals surface area contributed by atoms with E-state index in [1.54, 1.807) is 28.8 Å². The van der Waals surface area contributed by atoms with E-state index in [0.29, 0.717) is 16.4 Å². The van der Waals surface area contributed by atoms with Gasteiger partial charge in [-0.2, -0.15) is 0 Å². The van der Waals surface area contributed by atoms with Gasteiger partial charge in [-0.1, -0.05) is 67.8 Å². The van der Waals surface area contributed by atoms with E-state index >= 15 is 0 Å². The summed E-state index contributed by atoms with van der Waals surface area (Å²) in [7, 11) is 1.50. The van der Waals surface area contributed by atoms with Gasteiger partial charge in [-0.15, -0.1) is 0 Å². The number of fused-ring (bicyclic) bond motifs is 1. The molecule has 0 amide bonds. The number of nitrogens with zero attached hydrogens (tertiary/aromatic N) is 3. The third-order valence-electron chi connectivity index (χ3n) is 5.18. The summed E-state index contributed by atoms with van der Waals surface area (Å²) in [4.78, 5) is 28.7. The van der Waals surface area contributed by atoms with Gasteiger partial charge in [-0.25, -0.2) is 4.98 Å². The van der Waals surface area contributed by atoms with Crippen molar-refractivity contribution < 1.29 is 4.79 Å². The number of carbonyl (C=O) groups is 1. The number of unbranched alkanes of at least 4 members (excludes halogenated alkanes) is 2. The van der Waals surface area contributed by atoms with Gasteiger partial charge in [-0.05, 0) is 31.2 Å². The highest BCUT2D eigenvalue weighted by Gasteiger charge is 2.15. The lowest BCUT2D eigenvalue weighted by Gasteiger charge is -2.15. The standard InChI is InChI=1S/C24H22ClN3O2.CH5N/c1-2-3-4-13-27-22(19-7-5-17(16-29)6-8-19)14-23(30)28-15-21(26-24(27)28)18-9-11-20(25)12-10-18;1-2/h5-12,14-16H,2-4,13H2,1H3;2H2,1H3. The lowest BCUT2D eigenvalue weighted by atomic mass is 10.1. The monoisotopic (exact) mass is 450 g/mol. The van der Waals surface area contributed by atoms with Crippen molar-refractivity contribution in [2.24, 2.45) is 5.73 Å². The number of rotatable bonds is 7. The van der Waals surface area contributed by atoms with Crippen LogP contribution in [0.3, 0.4) is 0 Å². The summed E-state index contributed by atoms with van der Waals surface area (Å²) in [5.41, 5.74) is 8.27. The summed E-state index contributed by atoms with van der Waals surface area (Å²) in [5.74, 6) is 0.609. The molecule has 2 heterocycles. The molecule has 0 spiro atoms.